The lowest BCUT2D eigenvalue weighted by Crippen LogP contribution is -2.43. The van der Waals surface area contributed by atoms with Gasteiger partial charge in [0.2, 0.25) is 9.84 Å². The van der Waals surface area contributed by atoms with Crippen LogP contribution in [-0.4, -0.2) is 58.6 Å². The molecule has 3 aromatic heterocycles. The van der Waals surface area contributed by atoms with Crippen molar-refractivity contribution in [2.24, 2.45) is 5.92 Å². The number of hydrogen-bond donors (Lipinski definition) is 1. The standard InChI is InChI=1S/C30H34N6O3S/c1-2-18-39-20-26-33-27-28(36(26)23-10-8-22(9-11-23)35-16-13-21(19-31)14-17-35)25-12-15-32-29(25)34-30(27)40(37,38)24-6-4-3-5-7-24/h2-7,12,15,21-23H,1,8-11,13-14,16-18,20H2,(H,32,34). The summed E-state index contributed by atoms with van der Waals surface area (Å²) in [6, 6.07) is 13.4. The molecule has 4 heterocycles. The van der Waals surface area contributed by atoms with Crippen molar-refractivity contribution in [1.29, 1.82) is 5.26 Å². The van der Waals surface area contributed by atoms with E-state index in [2.05, 4.69) is 32.1 Å². The quantitative estimate of drug-likeness (QED) is 0.234. The summed E-state index contributed by atoms with van der Waals surface area (Å²) in [7, 11) is -3.92. The molecule has 0 amide bonds. The minimum atomic E-state index is -3.92. The number of nitrogens with one attached hydrogen (secondary N) is 1. The molecule has 4 aromatic rings. The molecule has 0 bridgehead atoms. The van der Waals surface area contributed by atoms with Gasteiger partial charge in [-0.15, -0.1) is 6.58 Å². The number of aromatic nitrogens is 4. The molecule has 1 aliphatic carbocycles. The van der Waals surface area contributed by atoms with Gasteiger partial charge in [-0.05, 0) is 69.8 Å². The fourth-order valence-electron chi connectivity index (χ4n) is 6.39. The highest BCUT2D eigenvalue weighted by molar-refractivity contribution is 7.91. The van der Waals surface area contributed by atoms with Gasteiger partial charge in [-0.25, -0.2) is 18.4 Å². The molecular weight excluding hydrogens is 524 g/mol. The molecule has 0 spiro atoms. The molecule has 2 aliphatic rings. The molecule has 0 radical (unpaired) electrons. The zero-order valence-corrected chi connectivity index (χ0v) is 23.3. The fourth-order valence-corrected chi connectivity index (χ4v) is 7.73. The maximum absolute atomic E-state index is 13.8. The summed E-state index contributed by atoms with van der Waals surface area (Å²) in [5.41, 5.74) is 1.70. The summed E-state index contributed by atoms with van der Waals surface area (Å²) in [6.07, 6.45) is 9.40. The first-order valence-electron chi connectivity index (χ1n) is 14.0. The number of hydrogen-bond acceptors (Lipinski definition) is 7. The number of piperidine rings is 1. The maximum atomic E-state index is 13.8. The highest BCUT2D eigenvalue weighted by atomic mass is 32.2. The summed E-state index contributed by atoms with van der Waals surface area (Å²) in [6.45, 7) is 6.35. The summed E-state index contributed by atoms with van der Waals surface area (Å²) in [5, 5.41) is 10.1. The number of pyridine rings is 1. The molecule has 10 heteroatoms. The number of nitriles is 1. The van der Waals surface area contributed by atoms with Gasteiger partial charge in [-0.3, -0.25) is 0 Å². The van der Waals surface area contributed by atoms with E-state index in [-0.39, 0.29) is 28.5 Å². The molecule has 6 rings (SSSR count). The molecule has 9 nitrogen and oxygen atoms in total. The number of aromatic amines is 1. The number of sulfone groups is 1. The highest BCUT2D eigenvalue weighted by Crippen LogP contribution is 2.39. The lowest BCUT2D eigenvalue weighted by Gasteiger charge is -2.40. The molecule has 40 heavy (non-hydrogen) atoms. The van der Waals surface area contributed by atoms with Gasteiger partial charge in [-0.1, -0.05) is 24.3 Å². The third-order valence-corrected chi connectivity index (χ3v) is 10.1. The monoisotopic (exact) mass is 558 g/mol. The number of benzene rings is 1. The van der Waals surface area contributed by atoms with Crippen LogP contribution in [0.4, 0.5) is 0 Å². The van der Waals surface area contributed by atoms with Crippen LogP contribution in [0.2, 0.25) is 0 Å². The molecule has 0 atom stereocenters. The Morgan fingerprint density at radius 1 is 1.05 bits per heavy atom. The molecule has 1 aliphatic heterocycles. The minimum Gasteiger partial charge on any atom is -0.369 e. The van der Waals surface area contributed by atoms with E-state index in [1.54, 1.807) is 42.6 Å². The van der Waals surface area contributed by atoms with Gasteiger partial charge in [0.15, 0.2) is 5.03 Å². The van der Waals surface area contributed by atoms with E-state index in [4.69, 9.17) is 9.72 Å². The molecule has 1 saturated heterocycles. The van der Waals surface area contributed by atoms with Gasteiger partial charge < -0.3 is 19.2 Å². The number of fused-ring (bicyclic) bond motifs is 3. The Hall–Kier alpha value is -3.52. The first kappa shape index (κ1) is 26.7. The molecule has 1 aromatic carbocycles. The van der Waals surface area contributed by atoms with Gasteiger partial charge in [0.25, 0.3) is 0 Å². The van der Waals surface area contributed by atoms with E-state index in [9.17, 15) is 13.7 Å². The topological polar surface area (TPSA) is 117 Å². The molecular formula is C30H34N6O3S. The number of likely N-dealkylation sites (tertiary alicyclic amines) is 1. The highest BCUT2D eigenvalue weighted by Gasteiger charge is 2.33. The van der Waals surface area contributed by atoms with Crippen LogP contribution in [0.3, 0.4) is 0 Å². The van der Waals surface area contributed by atoms with Crippen molar-refractivity contribution >= 4 is 31.9 Å². The summed E-state index contributed by atoms with van der Waals surface area (Å²) >= 11 is 0. The molecule has 2 fully saturated rings. The van der Waals surface area contributed by atoms with Crippen LogP contribution >= 0.6 is 0 Å². The SMILES string of the molecule is C=CCOCc1nc2c(S(=O)(=O)c3ccccc3)nc3[nH]ccc3c2n1C1CCC(N2CCC(C#N)CC2)CC1. The summed E-state index contributed by atoms with van der Waals surface area (Å²) in [5.74, 6) is 0.886. The predicted molar refractivity (Wildman–Crippen MR) is 152 cm³/mol. The third kappa shape index (κ3) is 4.83. The fraction of sp³-hybridized carbons (Fsp3) is 0.433. The van der Waals surface area contributed by atoms with E-state index in [0.29, 0.717) is 29.6 Å². The van der Waals surface area contributed by atoms with Crippen molar-refractivity contribution in [2.75, 3.05) is 19.7 Å². The lowest BCUT2D eigenvalue weighted by molar-refractivity contribution is 0.102. The smallest absolute Gasteiger partial charge is 0.226 e. The Morgan fingerprint density at radius 2 is 1.77 bits per heavy atom. The van der Waals surface area contributed by atoms with E-state index < -0.39 is 9.84 Å². The molecule has 1 saturated carbocycles. The van der Waals surface area contributed by atoms with Crippen LogP contribution in [0.15, 0.2) is 65.2 Å². The first-order valence-corrected chi connectivity index (χ1v) is 15.5. The van der Waals surface area contributed by atoms with Gasteiger partial charge in [-0.2, -0.15) is 5.26 Å². The Bertz CT molecular complexity index is 1650. The zero-order chi connectivity index (χ0) is 27.7. The summed E-state index contributed by atoms with van der Waals surface area (Å²) < 4.78 is 35.8. The first-order chi connectivity index (χ1) is 19.5. The predicted octanol–water partition coefficient (Wildman–Crippen LogP) is 5.17. The van der Waals surface area contributed by atoms with E-state index in [1.807, 2.05) is 6.07 Å². The van der Waals surface area contributed by atoms with Gasteiger partial charge in [0.1, 0.15) is 23.6 Å². The van der Waals surface area contributed by atoms with Gasteiger partial charge >= 0.3 is 0 Å². The molecule has 1 N–H and O–H groups in total. The molecule has 208 valence electrons. The van der Waals surface area contributed by atoms with Crippen LogP contribution < -0.4 is 0 Å². The Morgan fingerprint density at radius 3 is 2.48 bits per heavy atom. The average Bonchev–Trinajstić information content (AvgIpc) is 3.62. The van der Waals surface area contributed by atoms with E-state index in [1.165, 1.54) is 0 Å². The largest absolute Gasteiger partial charge is 0.369 e. The van der Waals surface area contributed by atoms with Crippen molar-refractivity contribution in [3.05, 3.63) is 61.1 Å². The second kappa shape index (κ2) is 11.2. The summed E-state index contributed by atoms with van der Waals surface area (Å²) in [4.78, 5) is 15.4. The second-order valence-electron chi connectivity index (χ2n) is 10.8. The van der Waals surface area contributed by atoms with Gasteiger partial charge in [0.05, 0.1) is 23.1 Å². The van der Waals surface area contributed by atoms with Crippen LogP contribution in [0.1, 0.15) is 50.4 Å². The van der Waals surface area contributed by atoms with Gasteiger partial charge in [0, 0.05) is 29.6 Å². The van der Waals surface area contributed by atoms with Crippen molar-refractivity contribution in [3.8, 4) is 6.07 Å². The van der Waals surface area contributed by atoms with Crippen LogP contribution in [0.25, 0.3) is 22.1 Å². The van der Waals surface area contributed by atoms with E-state index >= 15 is 0 Å². The van der Waals surface area contributed by atoms with Crippen LogP contribution in [-0.2, 0) is 21.2 Å². The van der Waals surface area contributed by atoms with Crippen molar-refractivity contribution in [3.63, 3.8) is 0 Å². The Balaban J connectivity index is 1.41. The average molecular weight is 559 g/mol. The number of H-pyrrole nitrogens is 1. The van der Waals surface area contributed by atoms with Crippen molar-refractivity contribution in [1.82, 2.24) is 24.4 Å². The zero-order valence-electron chi connectivity index (χ0n) is 22.5. The Kier molecular flexibility index (Phi) is 7.45. The maximum Gasteiger partial charge on any atom is 0.226 e. The Labute approximate surface area is 234 Å². The van der Waals surface area contributed by atoms with Crippen molar-refractivity contribution in [2.45, 2.75) is 67.1 Å². The van der Waals surface area contributed by atoms with Crippen LogP contribution in [0, 0.1) is 17.2 Å². The van der Waals surface area contributed by atoms with Crippen LogP contribution in [0.5, 0.6) is 0 Å². The van der Waals surface area contributed by atoms with Crippen molar-refractivity contribution < 1.29 is 13.2 Å². The molecule has 0 unspecified atom stereocenters. The lowest BCUT2D eigenvalue weighted by atomic mass is 9.87. The normalized spacial score (nSPS) is 21.1. The minimum absolute atomic E-state index is 0.0404. The second-order valence-corrected chi connectivity index (χ2v) is 12.6. The number of imidazole rings is 1. The number of rotatable bonds is 8. The number of nitrogens with zero attached hydrogens (tertiary/aromatic N) is 5. The number of ether oxygens (including phenoxy) is 1. The third-order valence-electron chi connectivity index (χ3n) is 8.42. The van der Waals surface area contributed by atoms with E-state index in [0.717, 1.165) is 62.5 Å².